The molecule has 0 unspecified atom stereocenters. The van der Waals surface area contributed by atoms with E-state index < -0.39 is 12.6 Å². The van der Waals surface area contributed by atoms with E-state index in [1.165, 1.54) is 0 Å². The van der Waals surface area contributed by atoms with Crippen LogP contribution in [0.3, 0.4) is 0 Å². The summed E-state index contributed by atoms with van der Waals surface area (Å²) in [7, 11) is 1.65. The van der Waals surface area contributed by atoms with Crippen molar-refractivity contribution in [2.45, 2.75) is 19.1 Å². The minimum absolute atomic E-state index is 0.0149. The van der Waals surface area contributed by atoms with Crippen LogP contribution in [0.4, 0.5) is 13.2 Å². The molecular weight excluding hydrogens is 257 g/mol. The van der Waals surface area contributed by atoms with Gasteiger partial charge in [-0.15, -0.1) is 0 Å². The minimum atomic E-state index is -4.10. The molecule has 1 rings (SSSR count). The summed E-state index contributed by atoms with van der Waals surface area (Å²) in [4.78, 5) is 1.60. The fourth-order valence-corrected chi connectivity index (χ4v) is 1.47. The second kappa shape index (κ2) is 7.35. The Kier molecular flexibility index (Phi) is 6.11. The van der Waals surface area contributed by atoms with Gasteiger partial charge in [0.1, 0.15) is 12.4 Å². The predicted molar refractivity (Wildman–Crippen MR) is 68.0 cm³/mol. The zero-order valence-corrected chi connectivity index (χ0v) is 10.9. The van der Waals surface area contributed by atoms with E-state index in [-0.39, 0.29) is 6.54 Å². The fraction of sp³-hybridized carbons (Fsp3) is 0.538. The van der Waals surface area contributed by atoms with Gasteiger partial charge >= 0.3 is 6.18 Å². The minimum Gasteiger partial charge on any atom is -0.492 e. The lowest BCUT2D eigenvalue weighted by atomic mass is 10.2. The van der Waals surface area contributed by atoms with Crippen LogP contribution in [0.25, 0.3) is 0 Å². The maximum Gasteiger partial charge on any atom is 0.390 e. The van der Waals surface area contributed by atoms with Gasteiger partial charge in [0.15, 0.2) is 0 Å². The lowest BCUT2D eigenvalue weighted by Gasteiger charge is -2.17. The molecule has 0 radical (unpaired) electrons. The molecule has 19 heavy (non-hydrogen) atoms. The normalized spacial score (nSPS) is 11.9. The van der Waals surface area contributed by atoms with Crippen molar-refractivity contribution >= 4 is 0 Å². The second-order valence-electron chi connectivity index (χ2n) is 4.36. The van der Waals surface area contributed by atoms with Crippen LogP contribution in [0, 0.1) is 0 Å². The lowest BCUT2D eigenvalue weighted by molar-refractivity contribution is -0.137. The molecular formula is C13H19F3N2O. The van der Waals surface area contributed by atoms with Crippen molar-refractivity contribution in [3.63, 3.8) is 0 Å². The SMILES string of the molecule is CN(CCOc1ccc(CN)cc1)CCC(F)(F)F. The quantitative estimate of drug-likeness (QED) is 0.831. The van der Waals surface area contributed by atoms with Gasteiger partial charge in [-0.2, -0.15) is 13.2 Å². The van der Waals surface area contributed by atoms with Crippen LogP contribution >= 0.6 is 0 Å². The van der Waals surface area contributed by atoms with Gasteiger partial charge in [-0.05, 0) is 24.7 Å². The first-order chi connectivity index (χ1) is 8.90. The van der Waals surface area contributed by atoms with E-state index in [1.807, 2.05) is 12.1 Å². The highest BCUT2D eigenvalue weighted by molar-refractivity contribution is 5.27. The largest absolute Gasteiger partial charge is 0.492 e. The molecule has 6 heteroatoms. The highest BCUT2D eigenvalue weighted by atomic mass is 19.4. The van der Waals surface area contributed by atoms with Crippen molar-refractivity contribution < 1.29 is 17.9 Å². The molecule has 1 aromatic rings. The van der Waals surface area contributed by atoms with Crippen LogP contribution in [0.2, 0.25) is 0 Å². The van der Waals surface area contributed by atoms with Crippen LogP contribution in [0.5, 0.6) is 5.75 Å². The van der Waals surface area contributed by atoms with Crippen LogP contribution in [0.1, 0.15) is 12.0 Å². The maximum atomic E-state index is 12.0. The Morgan fingerprint density at radius 1 is 1.16 bits per heavy atom. The highest BCUT2D eigenvalue weighted by Crippen LogP contribution is 2.19. The number of halogens is 3. The maximum absolute atomic E-state index is 12.0. The molecule has 0 heterocycles. The van der Waals surface area contributed by atoms with Gasteiger partial charge in [-0.1, -0.05) is 12.1 Å². The van der Waals surface area contributed by atoms with Crippen molar-refractivity contribution in [3.8, 4) is 5.75 Å². The molecule has 0 aromatic heterocycles. The summed E-state index contributed by atoms with van der Waals surface area (Å²) in [5.74, 6) is 0.696. The Morgan fingerprint density at radius 3 is 2.32 bits per heavy atom. The molecule has 0 atom stereocenters. The summed E-state index contributed by atoms with van der Waals surface area (Å²) in [6.45, 7) is 1.27. The first-order valence-corrected chi connectivity index (χ1v) is 6.08. The number of likely N-dealkylation sites (N-methyl/N-ethyl adjacent to an activating group) is 1. The smallest absolute Gasteiger partial charge is 0.390 e. The summed E-state index contributed by atoms with van der Waals surface area (Å²) >= 11 is 0. The fourth-order valence-electron chi connectivity index (χ4n) is 1.47. The van der Waals surface area contributed by atoms with E-state index in [1.54, 1.807) is 24.1 Å². The Labute approximate surface area is 111 Å². The predicted octanol–water partition coefficient (Wildman–Crippen LogP) is 2.41. The van der Waals surface area contributed by atoms with Gasteiger partial charge in [-0.25, -0.2) is 0 Å². The number of hydrogen-bond acceptors (Lipinski definition) is 3. The summed E-state index contributed by atoms with van der Waals surface area (Å²) < 4.78 is 41.5. The van der Waals surface area contributed by atoms with E-state index >= 15 is 0 Å². The lowest BCUT2D eigenvalue weighted by Crippen LogP contribution is -2.28. The molecule has 0 aliphatic heterocycles. The molecule has 0 spiro atoms. The van der Waals surface area contributed by atoms with Gasteiger partial charge < -0.3 is 15.4 Å². The first-order valence-electron chi connectivity index (χ1n) is 6.08. The van der Waals surface area contributed by atoms with Gasteiger partial charge in [0.25, 0.3) is 0 Å². The summed E-state index contributed by atoms with van der Waals surface area (Å²) in [5.41, 5.74) is 6.48. The Morgan fingerprint density at radius 2 is 1.79 bits per heavy atom. The zero-order chi connectivity index (χ0) is 14.3. The second-order valence-corrected chi connectivity index (χ2v) is 4.36. The third-order valence-corrected chi connectivity index (χ3v) is 2.68. The van der Waals surface area contributed by atoms with E-state index in [4.69, 9.17) is 10.5 Å². The van der Waals surface area contributed by atoms with Crippen molar-refractivity contribution in [2.24, 2.45) is 5.73 Å². The molecule has 0 aliphatic rings. The first kappa shape index (κ1) is 15.8. The van der Waals surface area contributed by atoms with E-state index in [2.05, 4.69) is 0 Å². The molecule has 0 saturated carbocycles. The number of hydrogen-bond donors (Lipinski definition) is 1. The average molecular weight is 276 g/mol. The molecule has 108 valence electrons. The molecule has 2 N–H and O–H groups in total. The van der Waals surface area contributed by atoms with E-state index in [0.717, 1.165) is 5.56 Å². The van der Waals surface area contributed by atoms with Crippen molar-refractivity contribution in [1.82, 2.24) is 4.90 Å². The Hall–Kier alpha value is -1.27. The standard InChI is InChI=1S/C13H19F3N2O/c1-18(7-6-13(14,15)16)8-9-19-12-4-2-11(10-17)3-5-12/h2-5H,6-10,17H2,1H3. The number of alkyl halides is 3. The van der Waals surface area contributed by atoms with Crippen LogP contribution in [0.15, 0.2) is 24.3 Å². The molecule has 0 fully saturated rings. The molecule has 1 aromatic carbocycles. The Balaban J connectivity index is 2.22. The summed E-state index contributed by atoms with van der Waals surface area (Å²) in [6.07, 6.45) is -4.90. The van der Waals surface area contributed by atoms with Crippen molar-refractivity contribution in [2.75, 3.05) is 26.7 Å². The molecule has 3 nitrogen and oxygen atoms in total. The number of benzene rings is 1. The van der Waals surface area contributed by atoms with Gasteiger partial charge in [-0.3, -0.25) is 0 Å². The van der Waals surface area contributed by atoms with E-state index in [0.29, 0.717) is 25.4 Å². The average Bonchev–Trinajstić information content (AvgIpc) is 2.36. The molecule has 0 aliphatic carbocycles. The highest BCUT2D eigenvalue weighted by Gasteiger charge is 2.26. The van der Waals surface area contributed by atoms with Gasteiger partial charge in [0.05, 0.1) is 6.42 Å². The number of rotatable bonds is 7. The number of nitrogens with two attached hydrogens (primary N) is 1. The molecule has 0 amide bonds. The number of ether oxygens (including phenoxy) is 1. The third-order valence-electron chi connectivity index (χ3n) is 2.68. The number of nitrogens with zero attached hydrogens (tertiary/aromatic N) is 1. The molecule has 0 bridgehead atoms. The summed E-state index contributed by atoms with van der Waals surface area (Å²) in [5, 5.41) is 0. The van der Waals surface area contributed by atoms with Gasteiger partial charge in [0.2, 0.25) is 0 Å². The monoisotopic (exact) mass is 276 g/mol. The van der Waals surface area contributed by atoms with Crippen LogP contribution in [-0.4, -0.2) is 37.8 Å². The summed E-state index contributed by atoms with van der Waals surface area (Å²) in [6, 6.07) is 7.33. The van der Waals surface area contributed by atoms with E-state index in [9.17, 15) is 13.2 Å². The molecule has 0 saturated heterocycles. The third kappa shape index (κ3) is 7.03. The van der Waals surface area contributed by atoms with Gasteiger partial charge in [0, 0.05) is 19.6 Å². The van der Waals surface area contributed by atoms with Crippen LogP contribution in [-0.2, 0) is 6.54 Å². The van der Waals surface area contributed by atoms with Crippen molar-refractivity contribution in [1.29, 1.82) is 0 Å². The van der Waals surface area contributed by atoms with Crippen LogP contribution < -0.4 is 10.5 Å². The van der Waals surface area contributed by atoms with Crippen molar-refractivity contribution in [3.05, 3.63) is 29.8 Å². The topological polar surface area (TPSA) is 38.5 Å². The zero-order valence-electron chi connectivity index (χ0n) is 10.9. The Bertz CT molecular complexity index is 365.